The van der Waals surface area contributed by atoms with Crippen LogP contribution < -0.4 is 13.8 Å². The number of benzene rings is 2. The molecule has 0 heterocycles. The molecule has 0 aliphatic carbocycles. The Morgan fingerprint density at radius 2 is 1.83 bits per heavy atom. The molecule has 0 aromatic heterocycles. The van der Waals surface area contributed by atoms with E-state index in [1.54, 1.807) is 12.1 Å². The van der Waals surface area contributed by atoms with Gasteiger partial charge < -0.3 is 14.2 Å². The van der Waals surface area contributed by atoms with Gasteiger partial charge in [0.25, 0.3) is 0 Å². The van der Waals surface area contributed by atoms with E-state index in [1.165, 1.54) is 6.07 Å². The van der Waals surface area contributed by atoms with E-state index in [0.717, 1.165) is 35.6 Å². The van der Waals surface area contributed by atoms with Gasteiger partial charge in [-0.25, -0.2) is 0 Å². The first-order valence-electron chi connectivity index (χ1n) is 7.96. The van der Waals surface area contributed by atoms with Crippen molar-refractivity contribution in [3.05, 3.63) is 47.5 Å². The first-order valence-corrected chi connectivity index (χ1v) is 9.04. The molecule has 1 unspecified atom stereocenters. The van der Waals surface area contributed by atoms with Crippen LogP contribution >= 0.6 is 0 Å². The maximum absolute atomic E-state index is 12.2. The van der Waals surface area contributed by atoms with Crippen LogP contribution in [-0.2, 0) is 11.3 Å². The van der Waals surface area contributed by atoms with Gasteiger partial charge in [-0.3, -0.25) is 4.72 Å². The summed E-state index contributed by atoms with van der Waals surface area (Å²) in [6.45, 7) is 9.93. The third-order valence-corrected chi connectivity index (χ3v) is 4.53. The molecule has 1 atom stereocenters. The molecule has 130 valence electrons. The average Bonchev–Trinajstić information content (AvgIpc) is 2.54. The molecule has 0 radical (unpaired) electrons. The Bertz CT molecular complexity index is 730. The number of nitrogens with one attached hydrogen (secondary N) is 1. The van der Waals surface area contributed by atoms with E-state index < -0.39 is 11.3 Å². The first kappa shape index (κ1) is 18.1. The fourth-order valence-electron chi connectivity index (χ4n) is 2.43. The van der Waals surface area contributed by atoms with Crippen LogP contribution in [0.15, 0.2) is 36.4 Å². The summed E-state index contributed by atoms with van der Waals surface area (Å²) in [7, 11) is 0. The van der Waals surface area contributed by atoms with Gasteiger partial charge in [0, 0.05) is 18.8 Å². The lowest BCUT2D eigenvalue weighted by Crippen LogP contribution is -2.22. The van der Waals surface area contributed by atoms with Crippen molar-refractivity contribution in [2.45, 2.75) is 27.7 Å². The van der Waals surface area contributed by atoms with Crippen LogP contribution in [0.1, 0.15) is 25.0 Å². The molecule has 0 saturated carbocycles. The van der Waals surface area contributed by atoms with Crippen LogP contribution in [0.2, 0.25) is 0 Å². The fourth-order valence-corrected chi connectivity index (χ4v) is 3.17. The van der Waals surface area contributed by atoms with E-state index in [9.17, 15) is 9.32 Å². The highest BCUT2D eigenvalue weighted by Gasteiger charge is 2.11. The Labute approximate surface area is 146 Å². The number of nitrogens with zero attached hydrogens (tertiary/aromatic N) is 1. The number of hydrogen-bond donors (Lipinski definition) is 2. The average molecular weight is 348 g/mol. The molecule has 2 aromatic rings. The lowest BCUT2D eigenvalue weighted by atomic mass is 10.1. The first-order chi connectivity index (χ1) is 11.4. The van der Waals surface area contributed by atoms with Crippen LogP contribution in [0.3, 0.4) is 0 Å². The lowest BCUT2D eigenvalue weighted by Gasteiger charge is -2.22. The molecular weight excluding hydrogens is 324 g/mol. The summed E-state index contributed by atoms with van der Waals surface area (Å²) in [5.41, 5.74) is 3.76. The molecule has 2 rings (SSSR count). The van der Waals surface area contributed by atoms with Crippen molar-refractivity contribution in [1.82, 2.24) is 0 Å². The zero-order valence-electron chi connectivity index (χ0n) is 14.5. The Morgan fingerprint density at radius 3 is 2.46 bits per heavy atom. The molecule has 0 spiro atoms. The van der Waals surface area contributed by atoms with Gasteiger partial charge in [-0.2, -0.15) is 4.21 Å². The van der Waals surface area contributed by atoms with Gasteiger partial charge in [-0.15, -0.1) is 0 Å². The highest BCUT2D eigenvalue weighted by molar-refractivity contribution is 7.82. The highest BCUT2D eigenvalue weighted by atomic mass is 32.2. The highest BCUT2D eigenvalue weighted by Crippen LogP contribution is 2.28. The maximum Gasteiger partial charge on any atom is 0.316 e. The van der Waals surface area contributed by atoms with Crippen molar-refractivity contribution in [1.29, 1.82) is 0 Å². The minimum absolute atomic E-state index is 0.0376. The largest absolute Gasteiger partial charge is 0.504 e. The summed E-state index contributed by atoms with van der Waals surface area (Å²) in [6.07, 6.45) is 0. The quantitative estimate of drug-likeness (QED) is 0.796. The summed E-state index contributed by atoms with van der Waals surface area (Å²) < 4.78 is 20.3. The number of anilines is 2. The third kappa shape index (κ3) is 4.41. The SMILES string of the molecule is CCN(CC)c1ccc(NS(=O)Oc2cc(C)ccc2O)c(C)c1. The van der Waals surface area contributed by atoms with Crippen molar-refractivity contribution in [3.63, 3.8) is 0 Å². The van der Waals surface area contributed by atoms with Gasteiger partial charge in [0.15, 0.2) is 11.5 Å². The van der Waals surface area contributed by atoms with Crippen LogP contribution in [0.5, 0.6) is 11.5 Å². The molecule has 5 nitrogen and oxygen atoms in total. The van der Waals surface area contributed by atoms with E-state index >= 15 is 0 Å². The van der Waals surface area contributed by atoms with Gasteiger partial charge in [0.05, 0.1) is 5.69 Å². The number of aryl methyl sites for hydroxylation is 2. The molecule has 0 aliphatic heterocycles. The zero-order chi connectivity index (χ0) is 17.7. The van der Waals surface area contributed by atoms with E-state index in [2.05, 4.69) is 29.5 Å². The van der Waals surface area contributed by atoms with Gasteiger partial charge in [-0.05, 0) is 69.2 Å². The summed E-state index contributed by atoms with van der Waals surface area (Å²) in [5.74, 6) is 0.155. The Kier molecular flexibility index (Phi) is 6.09. The fraction of sp³-hybridized carbons (Fsp3) is 0.333. The second-order valence-corrected chi connectivity index (χ2v) is 6.40. The molecular formula is C18H24N2O3S. The normalized spacial score (nSPS) is 11.8. The van der Waals surface area contributed by atoms with Gasteiger partial charge in [-0.1, -0.05) is 6.07 Å². The summed E-state index contributed by atoms with van der Waals surface area (Å²) >= 11 is -1.80. The summed E-state index contributed by atoms with van der Waals surface area (Å²) in [4.78, 5) is 2.25. The predicted molar refractivity (Wildman–Crippen MR) is 100.0 cm³/mol. The number of phenolic OH excluding ortho intramolecular Hbond substituents is 1. The molecule has 2 N–H and O–H groups in total. The third-order valence-electron chi connectivity index (χ3n) is 3.81. The lowest BCUT2D eigenvalue weighted by molar-refractivity contribution is 0.444. The van der Waals surface area contributed by atoms with Crippen LogP contribution in [0.4, 0.5) is 11.4 Å². The van der Waals surface area contributed by atoms with Crippen molar-refractivity contribution in [2.75, 3.05) is 22.7 Å². The van der Waals surface area contributed by atoms with E-state index in [4.69, 9.17) is 4.18 Å². The zero-order valence-corrected chi connectivity index (χ0v) is 15.3. The van der Waals surface area contributed by atoms with Crippen LogP contribution in [0.25, 0.3) is 0 Å². The summed E-state index contributed by atoms with van der Waals surface area (Å²) in [5, 5.41) is 9.76. The summed E-state index contributed by atoms with van der Waals surface area (Å²) in [6, 6.07) is 10.9. The van der Waals surface area contributed by atoms with Crippen molar-refractivity contribution in [2.24, 2.45) is 0 Å². The molecule has 2 aromatic carbocycles. The molecule has 24 heavy (non-hydrogen) atoms. The van der Waals surface area contributed by atoms with Crippen molar-refractivity contribution < 1.29 is 13.5 Å². The van der Waals surface area contributed by atoms with E-state index in [1.807, 2.05) is 26.0 Å². The van der Waals surface area contributed by atoms with E-state index in [-0.39, 0.29) is 11.5 Å². The molecule has 0 aliphatic rings. The molecule has 0 bridgehead atoms. The minimum atomic E-state index is -1.80. The number of aromatic hydroxyl groups is 1. The minimum Gasteiger partial charge on any atom is -0.504 e. The maximum atomic E-state index is 12.2. The van der Waals surface area contributed by atoms with Crippen molar-refractivity contribution >= 4 is 22.6 Å². The molecule has 0 amide bonds. The standard InChI is InChI=1S/C18H24N2O3S/c1-5-20(6-2)15-8-9-16(14(4)12-15)19-24(22)23-18-11-13(3)7-10-17(18)21/h7-12,19,21H,5-6H2,1-4H3. The number of rotatable bonds is 7. The van der Waals surface area contributed by atoms with E-state index in [0.29, 0.717) is 0 Å². The number of phenols is 1. The Morgan fingerprint density at radius 1 is 1.12 bits per heavy atom. The Balaban J connectivity index is 2.10. The molecule has 0 saturated heterocycles. The smallest absolute Gasteiger partial charge is 0.316 e. The Hall–Kier alpha value is -2.21. The van der Waals surface area contributed by atoms with Crippen LogP contribution in [0, 0.1) is 13.8 Å². The topological polar surface area (TPSA) is 61.8 Å². The molecule has 6 heteroatoms. The second kappa shape index (κ2) is 8.06. The van der Waals surface area contributed by atoms with Gasteiger partial charge in [0.1, 0.15) is 0 Å². The molecule has 0 fully saturated rings. The van der Waals surface area contributed by atoms with Gasteiger partial charge >= 0.3 is 11.3 Å². The van der Waals surface area contributed by atoms with Crippen molar-refractivity contribution in [3.8, 4) is 11.5 Å². The van der Waals surface area contributed by atoms with Gasteiger partial charge in [0.2, 0.25) is 0 Å². The predicted octanol–water partition coefficient (Wildman–Crippen LogP) is 3.92. The second-order valence-electron chi connectivity index (χ2n) is 5.56. The number of hydrogen-bond acceptors (Lipinski definition) is 4. The monoisotopic (exact) mass is 348 g/mol. The van der Waals surface area contributed by atoms with Crippen LogP contribution in [-0.4, -0.2) is 22.4 Å².